The van der Waals surface area contributed by atoms with Crippen molar-refractivity contribution in [3.05, 3.63) is 59.7 Å². The number of nitriles is 1. The van der Waals surface area contributed by atoms with Gasteiger partial charge in [-0.3, -0.25) is 19.3 Å². The van der Waals surface area contributed by atoms with Crippen molar-refractivity contribution >= 4 is 29.4 Å². The topological polar surface area (TPSA) is 117 Å². The highest BCUT2D eigenvalue weighted by molar-refractivity contribution is 6.22. The Bertz CT molecular complexity index is 1120. The van der Waals surface area contributed by atoms with Crippen LogP contribution in [0.25, 0.3) is 0 Å². The van der Waals surface area contributed by atoms with Crippen molar-refractivity contribution in [2.75, 3.05) is 24.7 Å². The van der Waals surface area contributed by atoms with Gasteiger partial charge < -0.3 is 14.4 Å². The number of benzene rings is 2. The summed E-state index contributed by atoms with van der Waals surface area (Å²) in [5, 5.41) is 8.99. The summed E-state index contributed by atoms with van der Waals surface area (Å²) in [6.07, 6.45) is 0.0799. The molecule has 3 rings (SSSR count). The molecule has 0 bridgehead atoms. The quantitative estimate of drug-likeness (QED) is 0.381. The molecule has 2 aromatic carbocycles. The summed E-state index contributed by atoms with van der Waals surface area (Å²) >= 11 is 0. The van der Waals surface area contributed by atoms with E-state index < -0.39 is 42.3 Å². The van der Waals surface area contributed by atoms with Crippen molar-refractivity contribution in [3.63, 3.8) is 0 Å². The molecule has 0 saturated heterocycles. The van der Waals surface area contributed by atoms with E-state index >= 15 is 0 Å². The number of rotatable bonds is 10. The Balaban J connectivity index is 1.73. The maximum absolute atomic E-state index is 13.0. The first-order chi connectivity index (χ1) is 16.8. The van der Waals surface area contributed by atoms with Crippen LogP contribution >= 0.6 is 0 Å². The lowest BCUT2D eigenvalue weighted by molar-refractivity contribution is -0.153. The third-order valence-corrected chi connectivity index (χ3v) is 5.52. The number of carbonyl (C=O) groups excluding carboxylic acids is 4. The average Bonchev–Trinajstić information content (AvgIpc) is 3.09. The van der Waals surface area contributed by atoms with Gasteiger partial charge in [0.05, 0.1) is 30.2 Å². The Kier molecular flexibility index (Phi) is 8.21. The van der Waals surface area contributed by atoms with Gasteiger partial charge in [0, 0.05) is 12.2 Å². The maximum atomic E-state index is 13.0. The molecule has 0 spiro atoms. The van der Waals surface area contributed by atoms with Crippen LogP contribution in [-0.4, -0.2) is 54.4 Å². The molecule has 9 nitrogen and oxygen atoms in total. The van der Waals surface area contributed by atoms with E-state index in [1.807, 2.05) is 13.0 Å². The van der Waals surface area contributed by atoms with E-state index in [0.717, 1.165) is 4.90 Å². The van der Waals surface area contributed by atoms with Crippen LogP contribution in [0, 0.1) is 17.2 Å². The first-order valence-electron chi connectivity index (χ1n) is 11.3. The van der Waals surface area contributed by atoms with E-state index in [-0.39, 0.29) is 24.1 Å². The van der Waals surface area contributed by atoms with Crippen molar-refractivity contribution in [2.45, 2.75) is 33.2 Å². The number of nitrogens with zero attached hydrogens (tertiary/aromatic N) is 3. The fourth-order valence-corrected chi connectivity index (χ4v) is 3.88. The smallest absolute Gasteiger partial charge is 0.330 e. The molecule has 9 heteroatoms. The van der Waals surface area contributed by atoms with Crippen LogP contribution < -0.4 is 9.64 Å². The summed E-state index contributed by atoms with van der Waals surface area (Å²) in [4.78, 5) is 53.9. The summed E-state index contributed by atoms with van der Waals surface area (Å²) in [7, 11) is 0. The summed E-state index contributed by atoms with van der Waals surface area (Å²) in [5.74, 6) is -2.34. The van der Waals surface area contributed by atoms with E-state index in [1.54, 1.807) is 50.2 Å². The van der Waals surface area contributed by atoms with Crippen LogP contribution in [0.3, 0.4) is 0 Å². The Hall–Kier alpha value is -4.19. The van der Waals surface area contributed by atoms with Gasteiger partial charge in [0.1, 0.15) is 11.8 Å². The van der Waals surface area contributed by atoms with E-state index in [4.69, 9.17) is 14.7 Å². The van der Waals surface area contributed by atoms with Gasteiger partial charge in [-0.2, -0.15) is 5.26 Å². The highest BCUT2D eigenvalue weighted by atomic mass is 16.5. The third-order valence-electron chi connectivity index (χ3n) is 5.52. The second-order valence-corrected chi connectivity index (χ2v) is 8.20. The number of esters is 1. The monoisotopic (exact) mass is 477 g/mol. The number of carbonyl (C=O) groups is 4. The van der Waals surface area contributed by atoms with Crippen LogP contribution in [0.2, 0.25) is 0 Å². The second kappa shape index (κ2) is 11.3. The van der Waals surface area contributed by atoms with E-state index in [1.165, 1.54) is 17.0 Å². The number of fused-ring (bicyclic) bond motifs is 1. The maximum Gasteiger partial charge on any atom is 0.330 e. The number of ether oxygens (including phenoxy) is 2. The molecule has 0 N–H and O–H groups in total. The molecule has 1 atom stereocenters. The lowest BCUT2D eigenvalue weighted by atomic mass is 10.0. The van der Waals surface area contributed by atoms with Gasteiger partial charge in [-0.25, -0.2) is 4.79 Å². The molecular weight excluding hydrogens is 450 g/mol. The molecule has 2 aromatic rings. The minimum Gasteiger partial charge on any atom is -0.494 e. The predicted octanol–water partition coefficient (Wildman–Crippen LogP) is 3.20. The van der Waals surface area contributed by atoms with Crippen LogP contribution in [0.4, 0.5) is 5.69 Å². The van der Waals surface area contributed by atoms with Crippen LogP contribution in [-0.2, 0) is 14.3 Å². The molecule has 0 aromatic heterocycles. The van der Waals surface area contributed by atoms with Crippen LogP contribution in [0.15, 0.2) is 48.5 Å². The van der Waals surface area contributed by atoms with Gasteiger partial charge in [-0.15, -0.1) is 0 Å². The van der Waals surface area contributed by atoms with Gasteiger partial charge in [-0.05, 0) is 49.2 Å². The Labute approximate surface area is 203 Å². The molecule has 0 fully saturated rings. The van der Waals surface area contributed by atoms with E-state index in [0.29, 0.717) is 18.0 Å². The molecule has 0 radical (unpaired) electrons. The van der Waals surface area contributed by atoms with Crippen molar-refractivity contribution in [1.82, 2.24) is 4.90 Å². The molecule has 1 unspecified atom stereocenters. The van der Waals surface area contributed by atoms with E-state index in [2.05, 4.69) is 0 Å². The van der Waals surface area contributed by atoms with Gasteiger partial charge >= 0.3 is 5.97 Å². The first-order valence-corrected chi connectivity index (χ1v) is 11.3. The second-order valence-electron chi connectivity index (χ2n) is 8.20. The standard InChI is InChI=1S/C26H27N3O6/c1-4-34-19-12-10-18(11-13-19)28(15-7-14-27)22(30)16-35-26(33)23(17(2)3)29-24(31)20-8-5-6-9-21(20)25(29)32/h5-6,8-13,17,23H,4,7,15-16H2,1-3H3. The minimum atomic E-state index is -1.19. The molecule has 0 aliphatic carbocycles. The van der Waals surface area contributed by atoms with Gasteiger partial charge in [0.25, 0.3) is 17.7 Å². The average molecular weight is 478 g/mol. The Morgan fingerprint density at radius 2 is 1.63 bits per heavy atom. The summed E-state index contributed by atoms with van der Waals surface area (Å²) in [6.45, 7) is 5.23. The molecule has 182 valence electrons. The summed E-state index contributed by atoms with van der Waals surface area (Å²) in [6, 6.07) is 13.9. The fourth-order valence-electron chi connectivity index (χ4n) is 3.88. The normalized spacial score (nSPS) is 13.3. The highest BCUT2D eigenvalue weighted by Gasteiger charge is 2.44. The zero-order chi connectivity index (χ0) is 25.5. The first kappa shape index (κ1) is 25.4. The number of anilines is 1. The van der Waals surface area contributed by atoms with Gasteiger partial charge in [-0.1, -0.05) is 26.0 Å². The van der Waals surface area contributed by atoms with Crippen molar-refractivity contribution in [1.29, 1.82) is 5.26 Å². The van der Waals surface area contributed by atoms with Crippen LogP contribution in [0.5, 0.6) is 5.75 Å². The number of hydrogen-bond donors (Lipinski definition) is 0. The molecule has 3 amide bonds. The fraction of sp³-hybridized carbons (Fsp3) is 0.346. The third kappa shape index (κ3) is 5.49. The zero-order valence-electron chi connectivity index (χ0n) is 19.9. The molecule has 1 aliphatic rings. The largest absolute Gasteiger partial charge is 0.494 e. The van der Waals surface area contributed by atoms with Crippen molar-refractivity contribution < 1.29 is 28.7 Å². The highest BCUT2D eigenvalue weighted by Crippen LogP contribution is 2.28. The zero-order valence-corrected chi connectivity index (χ0v) is 19.9. The Morgan fingerprint density at radius 1 is 1.03 bits per heavy atom. The van der Waals surface area contributed by atoms with Gasteiger partial charge in [0.15, 0.2) is 6.61 Å². The molecule has 0 saturated carbocycles. The van der Waals surface area contributed by atoms with Crippen molar-refractivity contribution in [3.8, 4) is 11.8 Å². The number of imide groups is 1. The number of amides is 3. The van der Waals surface area contributed by atoms with Gasteiger partial charge in [0.2, 0.25) is 0 Å². The summed E-state index contributed by atoms with van der Waals surface area (Å²) < 4.78 is 10.7. The minimum absolute atomic E-state index is 0.0799. The summed E-state index contributed by atoms with van der Waals surface area (Å²) in [5.41, 5.74) is 0.973. The van der Waals surface area contributed by atoms with Crippen molar-refractivity contribution in [2.24, 2.45) is 5.92 Å². The SMILES string of the molecule is CCOc1ccc(N(CCC#N)C(=O)COC(=O)C(C(C)C)N2C(=O)c3ccccc3C2=O)cc1. The lowest BCUT2D eigenvalue weighted by Gasteiger charge is -2.28. The van der Waals surface area contributed by atoms with Crippen LogP contribution in [0.1, 0.15) is 47.9 Å². The predicted molar refractivity (Wildman–Crippen MR) is 127 cm³/mol. The molecular formula is C26H27N3O6. The Morgan fingerprint density at radius 3 is 2.14 bits per heavy atom. The lowest BCUT2D eigenvalue weighted by Crippen LogP contribution is -2.49. The molecule has 35 heavy (non-hydrogen) atoms. The molecule has 1 aliphatic heterocycles. The molecule has 1 heterocycles. The van der Waals surface area contributed by atoms with E-state index in [9.17, 15) is 19.2 Å². The number of hydrogen-bond acceptors (Lipinski definition) is 7.